The van der Waals surface area contributed by atoms with Gasteiger partial charge in [-0.1, -0.05) is 48.5 Å². The molecule has 4 nitrogen and oxygen atoms in total. The van der Waals surface area contributed by atoms with Gasteiger partial charge < -0.3 is 13.7 Å². The highest BCUT2D eigenvalue weighted by atomic mass is 127. The van der Waals surface area contributed by atoms with Gasteiger partial charge in [-0.3, -0.25) is 4.79 Å². The van der Waals surface area contributed by atoms with Crippen molar-refractivity contribution in [2.75, 3.05) is 7.11 Å². The van der Waals surface area contributed by atoms with Gasteiger partial charge in [0.15, 0.2) is 0 Å². The van der Waals surface area contributed by atoms with Gasteiger partial charge >= 0.3 is 5.97 Å². The fourth-order valence-corrected chi connectivity index (χ4v) is 1.72. The van der Waals surface area contributed by atoms with Gasteiger partial charge in [0.2, 0.25) is 0 Å². The number of hydrogen-bond donors (Lipinski definition) is 0. The summed E-state index contributed by atoms with van der Waals surface area (Å²) in [6.07, 6.45) is 1.19. The summed E-state index contributed by atoms with van der Waals surface area (Å²) in [5.41, 5.74) is 0. The molecule has 0 amide bonds. The molecule has 4 atom stereocenters. The van der Waals surface area contributed by atoms with Crippen molar-refractivity contribution < 1.29 is 18.5 Å². The normalized spacial score (nSPS) is 23.4. The molecule has 1 fully saturated rings. The molecule has 1 rings (SSSR count). The summed E-state index contributed by atoms with van der Waals surface area (Å²) in [6, 6.07) is 0. The quantitative estimate of drug-likeness (QED) is 0.287. The third-order valence-electron chi connectivity index (χ3n) is 3.15. The average Bonchev–Trinajstić information content (AvgIpc) is 2.90. The van der Waals surface area contributed by atoms with Crippen LogP contribution < -0.4 is 0 Å². The van der Waals surface area contributed by atoms with Crippen LogP contribution >= 0.6 is 30.4 Å². The summed E-state index contributed by atoms with van der Waals surface area (Å²) in [4.78, 5) is 11.4. The lowest BCUT2D eigenvalue weighted by Gasteiger charge is -2.20. The molecule has 0 aromatic carbocycles. The molecule has 0 spiro atoms. The zero-order valence-corrected chi connectivity index (χ0v) is 19.5. The van der Waals surface area contributed by atoms with E-state index in [1.54, 1.807) is 7.11 Å². The second-order valence-corrected chi connectivity index (χ2v) is 6.66. The van der Waals surface area contributed by atoms with Crippen LogP contribution in [0.3, 0.4) is 0 Å². The average molecular weight is 464 g/mol. The van der Waals surface area contributed by atoms with E-state index in [4.69, 9.17) is 9.47 Å². The van der Waals surface area contributed by atoms with E-state index in [0.29, 0.717) is 5.92 Å². The zero-order valence-electron chi connectivity index (χ0n) is 16.5. The van der Waals surface area contributed by atoms with Crippen LogP contribution in [-0.2, 0) is 18.5 Å². The molecule has 0 aliphatic carbocycles. The number of ether oxygens (including phenoxy) is 2. The number of carbonyl (C=O) groups is 1. The number of hydrogen-bond acceptors (Lipinski definition) is 5. The standard InChI is InChI=1S/C12H22O3.2C2H6.CH3IOS/c1-7(2)12(13)15-10(5)11-6-8(3)9(4)14-11;2*1-2;1-3-4-2/h7-11H,6H2,1-5H3;2*1-2H3;1H3. The van der Waals surface area contributed by atoms with Gasteiger partial charge in [-0.2, -0.15) is 0 Å². The second kappa shape index (κ2) is 18.8. The van der Waals surface area contributed by atoms with Crippen molar-refractivity contribution in [1.82, 2.24) is 0 Å². The fraction of sp³-hybridized carbons (Fsp3) is 0.941. The van der Waals surface area contributed by atoms with Gasteiger partial charge in [-0.25, -0.2) is 0 Å². The fourth-order valence-electron chi connectivity index (χ4n) is 1.72. The van der Waals surface area contributed by atoms with Gasteiger partial charge in [0, 0.05) is 21.2 Å². The molecular formula is C17H37IO4S. The van der Waals surface area contributed by atoms with E-state index in [1.165, 1.54) is 9.21 Å². The van der Waals surface area contributed by atoms with E-state index >= 15 is 0 Å². The molecule has 4 unspecified atom stereocenters. The zero-order chi connectivity index (χ0) is 19.0. The van der Waals surface area contributed by atoms with E-state index in [1.807, 2.05) is 69.7 Å². The molecule has 1 aliphatic rings. The smallest absolute Gasteiger partial charge is 0.308 e. The minimum atomic E-state index is -0.140. The van der Waals surface area contributed by atoms with Gasteiger partial charge in [-0.15, -0.1) is 0 Å². The molecule has 0 N–H and O–H groups in total. The van der Waals surface area contributed by atoms with Crippen LogP contribution in [0.1, 0.15) is 68.7 Å². The van der Waals surface area contributed by atoms with E-state index in [9.17, 15) is 4.79 Å². The van der Waals surface area contributed by atoms with E-state index in [0.717, 1.165) is 6.42 Å². The summed E-state index contributed by atoms with van der Waals surface area (Å²) in [5, 5.41) is 0. The molecule has 0 bridgehead atoms. The minimum absolute atomic E-state index is 0.0660. The molecule has 1 saturated heterocycles. The van der Waals surface area contributed by atoms with Crippen molar-refractivity contribution >= 4 is 36.4 Å². The Balaban J connectivity index is -0.000000426. The van der Waals surface area contributed by atoms with Gasteiger partial charge in [0.25, 0.3) is 0 Å². The molecule has 6 heteroatoms. The van der Waals surface area contributed by atoms with Crippen molar-refractivity contribution in [2.45, 2.75) is 87.0 Å². The number of rotatable bonds is 4. The molecule has 142 valence electrons. The predicted octanol–water partition coefficient (Wildman–Crippen LogP) is 6.07. The lowest BCUT2D eigenvalue weighted by molar-refractivity contribution is -0.159. The molecular weight excluding hydrogens is 427 g/mol. The van der Waals surface area contributed by atoms with Crippen LogP contribution in [0.5, 0.6) is 0 Å². The van der Waals surface area contributed by atoms with Crippen molar-refractivity contribution in [3.8, 4) is 0 Å². The molecule has 0 saturated carbocycles. The molecule has 1 aliphatic heterocycles. The Hall–Kier alpha value is 0.470. The van der Waals surface area contributed by atoms with Crippen LogP contribution in [-0.4, -0.2) is 31.4 Å². The molecule has 0 aromatic rings. The Labute approximate surface area is 160 Å². The summed E-state index contributed by atoms with van der Waals surface area (Å²) in [7, 11) is 2.96. The second-order valence-electron chi connectivity index (χ2n) is 5.12. The molecule has 0 aromatic heterocycles. The summed E-state index contributed by atoms with van der Waals surface area (Å²) in [5.74, 6) is 0.345. The van der Waals surface area contributed by atoms with Gasteiger partial charge in [-0.05, 0) is 26.2 Å². The maximum Gasteiger partial charge on any atom is 0.308 e. The Morgan fingerprint density at radius 2 is 1.61 bits per heavy atom. The first-order chi connectivity index (χ1) is 10.8. The Kier molecular flexibility index (Phi) is 23.1. The molecule has 23 heavy (non-hydrogen) atoms. The third-order valence-corrected chi connectivity index (χ3v) is 4.36. The number of halogens is 1. The van der Waals surface area contributed by atoms with Crippen molar-refractivity contribution in [1.29, 1.82) is 0 Å². The van der Waals surface area contributed by atoms with Crippen molar-refractivity contribution in [2.24, 2.45) is 11.8 Å². The van der Waals surface area contributed by atoms with Gasteiger partial charge in [0.05, 0.1) is 34.4 Å². The van der Waals surface area contributed by atoms with Crippen LogP contribution in [0.4, 0.5) is 0 Å². The lowest BCUT2D eigenvalue weighted by atomic mass is 10.0. The minimum Gasteiger partial charge on any atom is -0.460 e. The summed E-state index contributed by atoms with van der Waals surface area (Å²) >= 11 is 2.05. The van der Waals surface area contributed by atoms with Crippen LogP contribution in [0.25, 0.3) is 0 Å². The predicted molar refractivity (Wildman–Crippen MR) is 110 cm³/mol. The van der Waals surface area contributed by atoms with Crippen LogP contribution in [0, 0.1) is 11.8 Å². The highest BCUT2D eigenvalue weighted by molar-refractivity contribution is 14.2. The molecule has 1 heterocycles. The lowest BCUT2D eigenvalue weighted by Crippen LogP contribution is -2.30. The van der Waals surface area contributed by atoms with E-state index in [2.05, 4.69) is 18.0 Å². The third kappa shape index (κ3) is 14.5. The maximum absolute atomic E-state index is 11.4. The first-order valence-electron chi connectivity index (χ1n) is 8.50. The van der Waals surface area contributed by atoms with Crippen molar-refractivity contribution in [3.05, 3.63) is 0 Å². The van der Waals surface area contributed by atoms with E-state index < -0.39 is 0 Å². The Bertz CT molecular complexity index is 253. The SMILES string of the molecule is CC.CC.CC(C)C(=O)OC(C)C1CC(C)C(C)O1.COSI. The summed E-state index contributed by atoms with van der Waals surface area (Å²) in [6.45, 7) is 17.8. The van der Waals surface area contributed by atoms with E-state index in [-0.39, 0.29) is 30.2 Å². The monoisotopic (exact) mass is 464 g/mol. The van der Waals surface area contributed by atoms with Crippen LogP contribution in [0.15, 0.2) is 0 Å². The first kappa shape index (κ1) is 28.3. The largest absolute Gasteiger partial charge is 0.460 e. The number of esters is 1. The first-order valence-corrected chi connectivity index (χ1v) is 11.8. The Morgan fingerprint density at radius 1 is 1.17 bits per heavy atom. The summed E-state index contributed by atoms with van der Waals surface area (Å²) < 4.78 is 15.5. The Morgan fingerprint density at radius 3 is 1.87 bits per heavy atom. The van der Waals surface area contributed by atoms with Gasteiger partial charge in [0.1, 0.15) is 6.10 Å². The highest BCUT2D eigenvalue weighted by Crippen LogP contribution is 2.28. The highest BCUT2D eigenvalue weighted by Gasteiger charge is 2.34. The van der Waals surface area contributed by atoms with Crippen molar-refractivity contribution in [3.63, 3.8) is 0 Å². The maximum atomic E-state index is 11.4. The number of carbonyl (C=O) groups excluding carboxylic acids is 1. The molecule has 0 radical (unpaired) electrons. The van der Waals surface area contributed by atoms with Crippen LogP contribution in [0.2, 0.25) is 0 Å². The topological polar surface area (TPSA) is 44.8 Å².